The van der Waals surface area contributed by atoms with Gasteiger partial charge in [0.25, 0.3) is 0 Å². The number of nitrogens with one attached hydrogen (secondary N) is 1. The van der Waals surface area contributed by atoms with Gasteiger partial charge in [-0.3, -0.25) is 9.00 Å². The van der Waals surface area contributed by atoms with E-state index in [1.807, 2.05) is 6.92 Å². The van der Waals surface area contributed by atoms with Crippen LogP contribution in [-0.4, -0.2) is 33.3 Å². The number of aromatic nitrogens is 1. The maximum atomic E-state index is 11.7. The second-order valence-corrected chi connectivity index (χ2v) is 5.48. The lowest BCUT2D eigenvalue weighted by Crippen LogP contribution is -2.12. The highest BCUT2D eigenvalue weighted by atomic mass is 32.2. The first-order valence-corrected chi connectivity index (χ1v) is 7.46. The summed E-state index contributed by atoms with van der Waals surface area (Å²) in [6.07, 6.45) is 2.86. The lowest BCUT2D eigenvalue weighted by Gasteiger charge is -2.05. The van der Waals surface area contributed by atoms with E-state index < -0.39 is 10.8 Å². The zero-order valence-electron chi connectivity index (χ0n) is 10.5. The number of ether oxygens (including phenoxy) is 1. The molecule has 0 saturated heterocycles. The molecule has 1 aromatic heterocycles. The first-order valence-electron chi connectivity index (χ1n) is 5.97. The summed E-state index contributed by atoms with van der Waals surface area (Å²) in [6, 6.07) is 1.42. The summed E-state index contributed by atoms with van der Waals surface area (Å²) in [5.41, 5.74) is 0.427. The minimum atomic E-state index is -1.06. The highest BCUT2D eigenvalue weighted by Crippen LogP contribution is 2.05. The molecule has 1 atom stereocenters. The minimum absolute atomic E-state index is 0.0338. The zero-order valence-corrected chi connectivity index (χ0v) is 11.3. The van der Waals surface area contributed by atoms with Crippen LogP contribution in [0, 0.1) is 0 Å². The SMILES string of the molecule is CCCOc1c[nH]c(CS(=O)CCCO)cc1=O. The summed E-state index contributed by atoms with van der Waals surface area (Å²) in [5.74, 6) is 1.03. The van der Waals surface area contributed by atoms with Crippen molar-refractivity contribution in [2.24, 2.45) is 0 Å². The Hall–Kier alpha value is -1.14. The van der Waals surface area contributed by atoms with Crippen molar-refractivity contribution in [2.75, 3.05) is 19.0 Å². The Labute approximate surface area is 109 Å². The fourth-order valence-corrected chi connectivity index (χ4v) is 2.49. The number of pyridine rings is 1. The molecule has 0 saturated carbocycles. The van der Waals surface area contributed by atoms with Gasteiger partial charge in [0.1, 0.15) is 0 Å². The van der Waals surface area contributed by atoms with Gasteiger partial charge in [0.2, 0.25) is 5.43 Å². The van der Waals surface area contributed by atoms with Gasteiger partial charge in [-0.15, -0.1) is 0 Å². The fourth-order valence-electron chi connectivity index (χ4n) is 1.38. The van der Waals surface area contributed by atoms with Gasteiger partial charge in [-0.25, -0.2) is 0 Å². The van der Waals surface area contributed by atoms with E-state index in [0.717, 1.165) is 6.42 Å². The molecule has 0 fully saturated rings. The molecule has 0 aliphatic carbocycles. The molecule has 1 heterocycles. The Morgan fingerprint density at radius 1 is 1.50 bits per heavy atom. The molecule has 0 aromatic carbocycles. The third-order valence-corrected chi connectivity index (χ3v) is 3.62. The van der Waals surface area contributed by atoms with Crippen molar-refractivity contribution in [1.82, 2.24) is 4.98 Å². The fraction of sp³-hybridized carbons (Fsp3) is 0.583. The largest absolute Gasteiger partial charge is 0.488 e. The Balaban J connectivity index is 2.61. The summed E-state index contributed by atoms with van der Waals surface area (Å²) in [4.78, 5) is 14.6. The molecule has 102 valence electrons. The summed E-state index contributed by atoms with van der Waals surface area (Å²) in [7, 11) is -1.06. The lowest BCUT2D eigenvalue weighted by atomic mass is 10.3. The summed E-state index contributed by atoms with van der Waals surface area (Å²) in [5, 5.41) is 8.64. The van der Waals surface area contributed by atoms with Crippen molar-refractivity contribution >= 4 is 10.8 Å². The Morgan fingerprint density at radius 3 is 2.89 bits per heavy atom. The van der Waals surface area contributed by atoms with Crippen molar-refractivity contribution in [3.8, 4) is 5.75 Å². The molecule has 1 rings (SSSR count). The Bertz CT molecular complexity index is 444. The predicted molar refractivity (Wildman–Crippen MR) is 71.3 cm³/mol. The second-order valence-electron chi connectivity index (χ2n) is 3.90. The van der Waals surface area contributed by atoms with Crippen LogP contribution in [0.3, 0.4) is 0 Å². The van der Waals surface area contributed by atoms with Gasteiger partial charge in [0.05, 0.1) is 12.4 Å². The standard InChI is InChI=1S/C12H19NO4S/c1-2-5-17-12-8-13-10(7-11(12)15)9-18(16)6-3-4-14/h7-8,14H,2-6,9H2,1H3,(H,13,15). The average Bonchev–Trinajstić information content (AvgIpc) is 2.35. The van der Waals surface area contributed by atoms with Crippen LogP contribution in [0.15, 0.2) is 17.1 Å². The van der Waals surface area contributed by atoms with E-state index in [1.165, 1.54) is 12.3 Å². The van der Waals surface area contributed by atoms with Crippen LogP contribution in [0.1, 0.15) is 25.5 Å². The molecule has 2 N–H and O–H groups in total. The van der Waals surface area contributed by atoms with Crippen LogP contribution < -0.4 is 10.2 Å². The Kier molecular flexibility index (Phi) is 6.67. The van der Waals surface area contributed by atoms with E-state index >= 15 is 0 Å². The molecular weight excluding hydrogens is 254 g/mol. The number of H-pyrrole nitrogens is 1. The van der Waals surface area contributed by atoms with Crippen LogP contribution in [-0.2, 0) is 16.6 Å². The van der Waals surface area contributed by atoms with Gasteiger partial charge in [-0.2, -0.15) is 0 Å². The van der Waals surface area contributed by atoms with Crippen LogP contribution in [0.5, 0.6) is 5.75 Å². The molecule has 0 spiro atoms. The zero-order chi connectivity index (χ0) is 13.4. The molecule has 0 radical (unpaired) electrons. The third-order valence-electron chi connectivity index (χ3n) is 2.25. The number of aliphatic hydroxyl groups excluding tert-OH is 1. The van der Waals surface area contributed by atoms with Crippen LogP contribution in [0.4, 0.5) is 0 Å². The molecule has 1 aromatic rings. The molecule has 6 heteroatoms. The number of aromatic amines is 1. The normalized spacial score (nSPS) is 12.3. The van der Waals surface area contributed by atoms with Gasteiger partial charge in [0, 0.05) is 41.1 Å². The first-order chi connectivity index (χ1) is 8.67. The number of rotatable bonds is 8. The predicted octanol–water partition coefficient (Wildman–Crippen LogP) is 0.795. The average molecular weight is 273 g/mol. The summed E-state index contributed by atoms with van der Waals surface area (Å²) >= 11 is 0. The quantitative estimate of drug-likeness (QED) is 0.734. The van der Waals surface area contributed by atoms with E-state index in [-0.39, 0.29) is 12.0 Å². The molecule has 0 bridgehead atoms. The van der Waals surface area contributed by atoms with Crippen LogP contribution >= 0.6 is 0 Å². The monoisotopic (exact) mass is 273 g/mol. The van der Waals surface area contributed by atoms with Crippen molar-refractivity contribution in [3.63, 3.8) is 0 Å². The molecule has 0 aliphatic rings. The van der Waals surface area contributed by atoms with Gasteiger partial charge in [0.15, 0.2) is 5.75 Å². The first kappa shape index (κ1) is 14.9. The molecule has 0 amide bonds. The van der Waals surface area contributed by atoms with E-state index in [4.69, 9.17) is 9.84 Å². The second kappa shape index (κ2) is 8.05. The number of hydrogen-bond acceptors (Lipinski definition) is 4. The maximum absolute atomic E-state index is 11.7. The van der Waals surface area contributed by atoms with Crippen LogP contribution in [0.2, 0.25) is 0 Å². The van der Waals surface area contributed by atoms with Gasteiger partial charge in [-0.05, 0) is 12.8 Å². The summed E-state index contributed by atoms with van der Waals surface area (Å²) < 4.78 is 16.8. The molecule has 5 nitrogen and oxygen atoms in total. The maximum Gasteiger partial charge on any atom is 0.223 e. The van der Waals surface area contributed by atoms with Crippen molar-refractivity contribution in [3.05, 3.63) is 28.2 Å². The minimum Gasteiger partial charge on any atom is -0.488 e. The van der Waals surface area contributed by atoms with E-state index in [2.05, 4.69) is 4.98 Å². The van der Waals surface area contributed by atoms with Gasteiger partial charge >= 0.3 is 0 Å². The van der Waals surface area contributed by atoms with Crippen molar-refractivity contribution in [1.29, 1.82) is 0 Å². The third kappa shape index (κ3) is 5.01. The molecular formula is C12H19NO4S. The van der Waals surface area contributed by atoms with Crippen molar-refractivity contribution in [2.45, 2.75) is 25.5 Å². The lowest BCUT2D eigenvalue weighted by molar-refractivity contribution is 0.296. The van der Waals surface area contributed by atoms with E-state index in [0.29, 0.717) is 36.0 Å². The highest BCUT2D eigenvalue weighted by Gasteiger charge is 2.05. The van der Waals surface area contributed by atoms with Gasteiger partial charge in [-0.1, -0.05) is 6.92 Å². The van der Waals surface area contributed by atoms with Crippen LogP contribution in [0.25, 0.3) is 0 Å². The highest BCUT2D eigenvalue weighted by molar-refractivity contribution is 7.84. The van der Waals surface area contributed by atoms with E-state index in [1.54, 1.807) is 0 Å². The number of aliphatic hydroxyl groups is 1. The molecule has 1 unspecified atom stereocenters. The smallest absolute Gasteiger partial charge is 0.223 e. The Morgan fingerprint density at radius 2 is 2.28 bits per heavy atom. The molecule has 18 heavy (non-hydrogen) atoms. The van der Waals surface area contributed by atoms with Gasteiger partial charge < -0.3 is 14.8 Å². The summed E-state index contributed by atoms with van der Waals surface area (Å²) in [6.45, 7) is 2.50. The molecule has 0 aliphatic heterocycles. The topological polar surface area (TPSA) is 79.4 Å². The number of hydrogen-bond donors (Lipinski definition) is 2. The van der Waals surface area contributed by atoms with Crippen molar-refractivity contribution < 1.29 is 14.1 Å². The van der Waals surface area contributed by atoms with E-state index in [9.17, 15) is 9.00 Å².